The van der Waals surface area contributed by atoms with E-state index < -0.39 is 11.6 Å². The van der Waals surface area contributed by atoms with Crippen LogP contribution in [0.25, 0.3) is 10.9 Å². The van der Waals surface area contributed by atoms with Crippen LogP contribution in [0.2, 0.25) is 0 Å². The van der Waals surface area contributed by atoms with E-state index in [0.717, 1.165) is 11.8 Å². The van der Waals surface area contributed by atoms with Crippen molar-refractivity contribution in [2.45, 2.75) is 20.0 Å². The molecule has 2 saturated heterocycles. The highest BCUT2D eigenvalue weighted by Crippen LogP contribution is 2.41. The molecule has 2 aromatic heterocycles. The van der Waals surface area contributed by atoms with Gasteiger partial charge in [-0.15, -0.1) is 0 Å². The minimum atomic E-state index is -0.706. The van der Waals surface area contributed by atoms with Crippen molar-refractivity contribution < 1.29 is 18.3 Å². The number of carbonyl (C=O) groups is 1. The van der Waals surface area contributed by atoms with Gasteiger partial charge in [0.1, 0.15) is 23.6 Å². The first-order chi connectivity index (χ1) is 17.0. The van der Waals surface area contributed by atoms with Crippen molar-refractivity contribution in [1.29, 1.82) is 0 Å². The second-order valence-corrected chi connectivity index (χ2v) is 8.71. The highest BCUT2D eigenvalue weighted by Gasteiger charge is 2.32. The van der Waals surface area contributed by atoms with Crippen LogP contribution in [-0.2, 0) is 9.53 Å². The van der Waals surface area contributed by atoms with Gasteiger partial charge in [0.15, 0.2) is 0 Å². The van der Waals surface area contributed by atoms with Crippen molar-refractivity contribution in [2.75, 3.05) is 55.7 Å². The van der Waals surface area contributed by atoms with Crippen molar-refractivity contribution in [3.8, 4) is 0 Å². The lowest BCUT2D eigenvalue weighted by atomic mass is 10.0. The van der Waals surface area contributed by atoms with Gasteiger partial charge < -0.3 is 19.4 Å². The largest absolute Gasteiger partial charge is 0.377 e. The summed E-state index contributed by atoms with van der Waals surface area (Å²) in [6, 6.07) is 5.81. The molecular formula is C25H28F2N6O2. The lowest BCUT2D eigenvalue weighted by Crippen LogP contribution is -2.52. The van der Waals surface area contributed by atoms with Gasteiger partial charge in [-0.05, 0) is 26.0 Å². The molecule has 1 N–H and O–H groups in total. The number of halogens is 2. The fraction of sp³-hybridized carbons (Fsp3) is 0.400. The fourth-order valence-corrected chi connectivity index (χ4v) is 4.89. The Morgan fingerprint density at radius 3 is 2.83 bits per heavy atom. The molecule has 0 spiro atoms. The van der Waals surface area contributed by atoms with Crippen LogP contribution < -0.4 is 15.1 Å². The molecule has 4 heterocycles. The molecular weight excluding hydrogens is 454 g/mol. The van der Waals surface area contributed by atoms with Crippen LogP contribution in [0.15, 0.2) is 36.7 Å². The van der Waals surface area contributed by atoms with E-state index in [4.69, 9.17) is 4.74 Å². The van der Waals surface area contributed by atoms with E-state index in [1.165, 1.54) is 6.07 Å². The zero-order chi connectivity index (χ0) is 24.5. The number of aromatic nitrogens is 2. The summed E-state index contributed by atoms with van der Waals surface area (Å²) in [5.41, 5.74) is 2.16. The molecule has 1 aromatic carbocycles. The highest BCUT2D eigenvalue weighted by molar-refractivity contribution is 5.99. The minimum Gasteiger partial charge on any atom is -0.377 e. The Hall–Kier alpha value is -3.37. The van der Waals surface area contributed by atoms with Gasteiger partial charge in [0.2, 0.25) is 5.91 Å². The molecule has 0 bridgehead atoms. The van der Waals surface area contributed by atoms with Gasteiger partial charge in [-0.3, -0.25) is 15.1 Å². The van der Waals surface area contributed by atoms with Crippen LogP contribution in [-0.4, -0.2) is 72.9 Å². The monoisotopic (exact) mass is 482 g/mol. The van der Waals surface area contributed by atoms with Crippen molar-refractivity contribution in [1.82, 2.24) is 20.2 Å². The van der Waals surface area contributed by atoms with Crippen molar-refractivity contribution in [3.63, 3.8) is 0 Å². The van der Waals surface area contributed by atoms with Gasteiger partial charge in [0, 0.05) is 50.1 Å². The number of hydrogen-bond donors (Lipinski definition) is 1. The van der Waals surface area contributed by atoms with Crippen molar-refractivity contribution in [2.24, 2.45) is 0 Å². The number of piperazine rings is 1. The number of likely N-dealkylation sites (N-methyl/N-ethyl adjacent to an activating group) is 1. The van der Waals surface area contributed by atoms with E-state index in [1.807, 2.05) is 35.8 Å². The maximum absolute atomic E-state index is 15.4. The number of fused-ring (bicyclic) bond motifs is 1. The van der Waals surface area contributed by atoms with Crippen LogP contribution in [0.5, 0.6) is 0 Å². The third-order valence-electron chi connectivity index (χ3n) is 6.57. The van der Waals surface area contributed by atoms with Crippen LogP contribution in [0, 0.1) is 18.6 Å². The minimum absolute atomic E-state index is 0.00141. The molecule has 1 unspecified atom stereocenters. The first-order valence-corrected chi connectivity index (χ1v) is 11.8. The number of nitrogens with zero attached hydrogens (tertiary/aromatic N) is 5. The average molecular weight is 483 g/mol. The summed E-state index contributed by atoms with van der Waals surface area (Å²) in [6.07, 6.45) is 3.06. The number of morpholine rings is 1. The number of amides is 1. The van der Waals surface area contributed by atoms with E-state index in [-0.39, 0.29) is 29.5 Å². The molecule has 35 heavy (non-hydrogen) atoms. The Morgan fingerprint density at radius 2 is 2.14 bits per heavy atom. The fourth-order valence-electron chi connectivity index (χ4n) is 4.89. The lowest BCUT2D eigenvalue weighted by molar-refractivity contribution is -0.130. The van der Waals surface area contributed by atoms with Gasteiger partial charge >= 0.3 is 0 Å². The molecule has 0 aliphatic carbocycles. The molecule has 2 aliphatic heterocycles. The van der Waals surface area contributed by atoms with Gasteiger partial charge in [0.05, 0.1) is 48.2 Å². The number of anilines is 3. The number of ether oxygens (including phenoxy) is 1. The molecule has 10 heteroatoms. The Bertz CT molecular complexity index is 1240. The molecule has 3 aromatic rings. The van der Waals surface area contributed by atoms with Crippen LogP contribution in [0.4, 0.5) is 26.0 Å². The average Bonchev–Trinajstić information content (AvgIpc) is 2.86. The summed E-state index contributed by atoms with van der Waals surface area (Å²) in [6.45, 7) is 7.31. The van der Waals surface area contributed by atoms with Gasteiger partial charge in [-0.25, -0.2) is 13.8 Å². The van der Waals surface area contributed by atoms with Gasteiger partial charge in [0.25, 0.3) is 0 Å². The molecule has 0 saturated carbocycles. The number of hydrogen-bond acceptors (Lipinski definition) is 7. The maximum atomic E-state index is 15.4. The molecule has 8 nitrogen and oxygen atoms in total. The van der Waals surface area contributed by atoms with E-state index in [9.17, 15) is 9.18 Å². The summed E-state index contributed by atoms with van der Waals surface area (Å²) in [7, 11) is 0. The Morgan fingerprint density at radius 1 is 1.29 bits per heavy atom. The highest BCUT2D eigenvalue weighted by atomic mass is 19.1. The number of carbonyl (C=O) groups excluding carboxylic acids is 1. The SMILES string of the molecule is CCN1CCN(c2nc3cc(F)cc(F)c3c(N(c3cccnc3)C3COCCN3)c2C)CC1=O. The number of benzene rings is 1. The van der Waals surface area contributed by atoms with Crippen LogP contribution >= 0.6 is 0 Å². The van der Waals surface area contributed by atoms with Gasteiger partial charge in [-0.2, -0.15) is 0 Å². The Kier molecular flexibility index (Phi) is 6.48. The van der Waals surface area contributed by atoms with E-state index >= 15 is 4.39 Å². The first-order valence-electron chi connectivity index (χ1n) is 11.8. The summed E-state index contributed by atoms with van der Waals surface area (Å²) in [5, 5.41) is 3.65. The number of pyridine rings is 2. The maximum Gasteiger partial charge on any atom is 0.242 e. The van der Waals surface area contributed by atoms with Crippen molar-refractivity contribution >= 4 is 34.0 Å². The number of rotatable bonds is 5. The third kappa shape index (κ3) is 4.39. The molecule has 0 radical (unpaired) electrons. The normalized spacial score (nSPS) is 18.9. The third-order valence-corrected chi connectivity index (χ3v) is 6.57. The van der Waals surface area contributed by atoms with Crippen molar-refractivity contribution in [3.05, 3.63) is 53.9 Å². The summed E-state index contributed by atoms with van der Waals surface area (Å²) in [5.74, 6) is -0.873. The zero-order valence-corrected chi connectivity index (χ0v) is 19.8. The zero-order valence-electron chi connectivity index (χ0n) is 19.8. The predicted molar refractivity (Wildman–Crippen MR) is 130 cm³/mol. The van der Waals surface area contributed by atoms with E-state index in [1.54, 1.807) is 17.3 Å². The molecule has 1 amide bonds. The van der Waals surface area contributed by atoms with Gasteiger partial charge in [-0.1, -0.05) is 0 Å². The second-order valence-electron chi connectivity index (χ2n) is 8.71. The lowest BCUT2D eigenvalue weighted by Gasteiger charge is -2.39. The number of nitrogens with one attached hydrogen (secondary N) is 1. The molecule has 5 rings (SSSR count). The van der Waals surface area contributed by atoms with E-state index in [2.05, 4.69) is 15.3 Å². The standard InChI is InChI=1S/C25H28F2N6O2/c1-3-31-8-9-32(14-22(31)34)25-16(2)24(23-19(27)11-17(26)12-20(23)30-25)33(18-5-4-6-28-13-18)21-15-35-10-7-29-21/h4-6,11-13,21,29H,3,7-10,14-15H2,1-2H3. The molecule has 1 atom stereocenters. The molecule has 2 fully saturated rings. The molecule has 2 aliphatic rings. The smallest absolute Gasteiger partial charge is 0.242 e. The predicted octanol–water partition coefficient (Wildman–Crippen LogP) is 2.97. The van der Waals surface area contributed by atoms with E-state index in [0.29, 0.717) is 56.5 Å². The second kappa shape index (κ2) is 9.71. The molecule has 184 valence electrons. The van der Waals surface area contributed by atoms with Crippen LogP contribution in [0.3, 0.4) is 0 Å². The summed E-state index contributed by atoms with van der Waals surface area (Å²) < 4.78 is 35.5. The Balaban J connectivity index is 1.73. The topological polar surface area (TPSA) is 73.8 Å². The Labute approximate surface area is 202 Å². The summed E-state index contributed by atoms with van der Waals surface area (Å²) in [4.78, 5) is 27.2. The quantitative estimate of drug-likeness (QED) is 0.599. The van der Waals surface area contributed by atoms with Crippen LogP contribution in [0.1, 0.15) is 12.5 Å². The first kappa shape index (κ1) is 23.4. The summed E-state index contributed by atoms with van der Waals surface area (Å²) >= 11 is 0.